The van der Waals surface area contributed by atoms with Crippen molar-refractivity contribution in [3.05, 3.63) is 178 Å². The average molecular weight is 713 g/mol. The topological polar surface area (TPSA) is 66.4 Å². The average Bonchev–Trinajstić information content (AvgIpc) is 3.56. The maximum absolute atomic E-state index is 9.19. The predicted octanol–water partition coefficient (Wildman–Crippen LogP) is 9.02. The lowest BCUT2D eigenvalue weighted by Gasteiger charge is -2.51. The van der Waals surface area contributed by atoms with Crippen LogP contribution >= 0.6 is 0 Å². The van der Waals surface area contributed by atoms with Crippen molar-refractivity contribution in [2.45, 2.75) is 95.5 Å². The molecular formula is C47H52O6. The van der Waals surface area contributed by atoms with Gasteiger partial charge in [-0.25, -0.2) is 0 Å². The first kappa shape index (κ1) is 37.2. The minimum absolute atomic E-state index is 0.238. The van der Waals surface area contributed by atoms with E-state index in [1.54, 1.807) is 0 Å². The molecule has 6 heteroatoms. The second kappa shape index (κ2) is 17.3. The van der Waals surface area contributed by atoms with E-state index >= 15 is 0 Å². The fourth-order valence-electron chi connectivity index (χ4n) is 7.70. The number of aliphatic hydroxyl groups is 1. The van der Waals surface area contributed by atoms with Gasteiger partial charge in [0.05, 0.1) is 26.4 Å². The summed E-state index contributed by atoms with van der Waals surface area (Å²) in [6.45, 7) is 6.06. The van der Waals surface area contributed by atoms with E-state index in [2.05, 4.69) is 92.7 Å². The fraction of sp³-hybridized carbons (Fsp3) is 0.362. The van der Waals surface area contributed by atoms with E-state index in [-0.39, 0.29) is 6.61 Å². The van der Waals surface area contributed by atoms with E-state index in [1.807, 2.05) is 54.6 Å². The summed E-state index contributed by atoms with van der Waals surface area (Å²) in [5.74, 6) is -1.22. The molecule has 53 heavy (non-hydrogen) atoms. The van der Waals surface area contributed by atoms with E-state index in [0.29, 0.717) is 32.8 Å². The van der Waals surface area contributed by atoms with Crippen molar-refractivity contribution < 1.29 is 28.8 Å². The van der Waals surface area contributed by atoms with Gasteiger partial charge in [0, 0.05) is 12.2 Å². The van der Waals surface area contributed by atoms with E-state index in [9.17, 15) is 5.11 Å². The quantitative estimate of drug-likeness (QED) is 0.0972. The van der Waals surface area contributed by atoms with Crippen LogP contribution in [0.5, 0.6) is 0 Å². The van der Waals surface area contributed by atoms with Crippen molar-refractivity contribution in [2.75, 3.05) is 13.2 Å². The summed E-state index contributed by atoms with van der Waals surface area (Å²) in [6, 6.07) is 46.2. The Labute approximate surface area is 314 Å². The molecule has 1 N–H and O–H groups in total. The molecule has 2 aliphatic heterocycles. The maximum Gasteiger partial charge on any atom is 0.225 e. The molecule has 0 aliphatic carbocycles. The molecule has 2 heterocycles. The first-order valence-electron chi connectivity index (χ1n) is 19.1. The van der Waals surface area contributed by atoms with Crippen LogP contribution in [0.2, 0.25) is 0 Å². The second-order valence-electron chi connectivity index (χ2n) is 14.5. The highest BCUT2D eigenvalue weighted by atomic mass is 16.8. The molecule has 5 aromatic rings. The van der Waals surface area contributed by atoms with Crippen LogP contribution in [0.3, 0.4) is 0 Å². The van der Waals surface area contributed by atoms with Gasteiger partial charge >= 0.3 is 0 Å². The van der Waals surface area contributed by atoms with Gasteiger partial charge in [-0.3, -0.25) is 0 Å². The van der Waals surface area contributed by atoms with Crippen molar-refractivity contribution >= 4 is 0 Å². The van der Waals surface area contributed by atoms with Crippen LogP contribution in [0, 0.1) is 6.92 Å². The Morgan fingerprint density at radius 1 is 0.642 bits per heavy atom. The van der Waals surface area contributed by atoms with E-state index in [0.717, 1.165) is 47.9 Å². The lowest BCUT2D eigenvalue weighted by molar-refractivity contribution is -0.350. The first-order chi connectivity index (χ1) is 26.0. The molecule has 2 fully saturated rings. The van der Waals surface area contributed by atoms with Crippen molar-refractivity contribution in [2.24, 2.45) is 0 Å². The van der Waals surface area contributed by atoms with Gasteiger partial charge in [0.1, 0.15) is 23.9 Å². The molecule has 7 rings (SSSR count). The number of hydrogen-bond acceptors (Lipinski definition) is 6. The SMILES string of the molecule is CC[C@@]12CO[C@@](c3ccc(C)c(Cc4ccc(CCCCO)cc4)c3)(O1)[C@H](OCc1ccccc1)[C@@H](OCc1ccccc1)[C@@H]2OCc1ccccc1. The number of unbranched alkanes of at least 4 members (excludes halogenated alkanes) is 1. The molecule has 0 unspecified atom stereocenters. The van der Waals surface area contributed by atoms with Gasteiger partial charge in [0.25, 0.3) is 0 Å². The number of ether oxygens (including phenoxy) is 5. The van der Waals surface area contributed by atoms with Gasteiger partial charge in [-0.1, -0.05) is 134 Å². The summed E-state index contributed by atoms with van der Waals surface area (Å²) in [6.07, 6.45) is 2.61. The van der Waals surface area contributed by atoms with Gasteiger partial charge in [0.15, 0.2) is 0 Å². The Hall–Kier alpha value is -4.14. The van der Waals surface area contributed by atoms with Crippen molar-refractivity contribution in [3.63, 3.8) is 0 Å². The van der Waals surface area contributed by atoms with Crippen LogP contribution < -0.4 is 0 Å². The Balaban J connectivity index is 1.26. The Morgan fingerprint density at radius 3 is 1.79 bits per heavy atom. The third kappa shape index (κ3) is 8.49. The molecule has 5 atom stereocenters. The van der Waals surface area contributed by atoms with Crippen LogP contribution in [0.15, 0.2) is 133 Å². The Morgan fingerprint density at radius 2 is 1.21 bits per heavy atom. The summed E-state index contributed by atoms with van der Waals surface area (Å²) < 4.78 is 35.2. The van der Waals surface area contributed by atoms with Gasteiger partial charge < -0.3 is 28.8 Å². The highest BCUT2D eigenvalue weighted by molar-refractivity contribution is 5.39. The van der Waals surface area contributed by atoms with Crippen LogP contribution in [0.1, 0.15) is 70.7 Å². The summed E-state index contributed by atoms with van der Waals surface area (Å²) in [7, 11) is 0. The van der Waals surface area contributed by atoms with E-state index in [1.165, 1.54) is 22.3 Å². The second-order valence-corrected chi connectivity index (χ2v) is 14.5. The number of fused-ring (bicyclic) bond motifs is 2. The number of aryl methyl sites for hydroxylation is 2. The summed E-state index contributed by atoms with van der Waals surface area (Å²) in [5.41, 5.74) is 8.31. The van der Waals surface area contributed by atoms with Crippen molar-refractivity contribution in [1.82, 2.24) is 0 Å². The molecule has 6 nitrogen and oxygen atoms in total. The molecule has 0 amide bonds. The molecule has 5 aromatic carbocycles. The zero-order valence-electron chi connectivity index (χ0n) is 31.0. The van der Waals surface area contributed by atoms with E-state index in [4.69, 9.17) is 23.7 Å². The number of hydrogen-bond donors (Lipinski definition) is 1. The fourth-order valence-corrected chi connectivity index (χ4v) is 7.70. The third-order valence-corrected chi connectivity index (χ3v) is 10.8. The smallest absolute Gasteiger partial charge is 0.225 e. The minimum atomic E-state index is -1.22. The van der Waals surface area contributed by atoms with Crippen LogP contribution in [0.25, 0.3) is 0 Å². The first-order valence-corrected chi connectivity index (χ1v) is 19.1. The predicted molar refractivity (Wildman–Crippen MR) is 207 cm³/mol. The number of rotatable bonds is 17. The molecular weight excluding hydrogens is 661 g/mol. The van der Waals surface area contributed by atoms with Gasteiger partial charge in [-0.15, -0.1) is 0 Å². The molecule has 2 saturated heterocycles. The van der Waals surface area contributed by atoms with Gasteiger partial charge in [-0.2, -0.15) is 0 Å². The molecule has 0 spiro atoms. The molecule has 276 valence electrons. The standard InChI is InChI=1S/C47H52O6/c1-3-46-34-52-47(53-46,42-27-22-35(2)41(30-42)29-37-25-23-36(24-26-37)15-13-14-28-48)45(51-33-40-20-11-6-12-21-40)43(49-31-38-16-7-4-8-17-38)44(46)50-32-39-18-9-5-10-19-39/h4-12,16-27,30,43-45,48H,3,13-15,28-29,31-34H2,1-2H3/t43-,44-,45+,46-,47-/m0/s1. The number of aliphatic hydroxyl groups excluding tert-OH is 1. The van der Waals surface area contributed by atoms with Crippen LogP contribution in [-0.2, 0) is 62.1 Å². The molecule has 0 saturated carbocycles. The lowest BCUT2D eigenvalue weighted by atomic mass is 9.81. The normalized spacial score (nSPS) is 23.6. The maximum atomic E-state index is 9.19. The molecule has 0 aromatic heterocycles. The zero-order valence-corrected chi connectivity index (χ0v) is 31.0. The van der Waals surface area contributed by atoms with Crippen LogP contribution in [0.4, 0.5) is 0 Å². The molecule has 2 aliphatic rings. The van der Waals surface area contributed by atoms with Crippen LogP contribution in [-0.4, -0.2) is 42.2 Å². The third-order valence-electron chi connectivity index (χ3n) is 10.8. The highest BCUT2D eigenvalue weighted by Crippen LogP contribution is 2.54. The zero-order chi connectivity index (χ0) is 36.5. The highest BCUT2D eigenvalue weighted by Gasteiger charge is 2.68. The lowest BCUT2D eigenvalue weighted by Crippen LogP contribution is -2.66. The van der Waals surface area contributed by atoms with Crippen molar-refractivity contribution in [3.8, 4) is 0 Å². The monoisotopic (exact) mass is 712 g/mol. The largest absolute Gasteiger partial charge is 0.396 e. The summed E-state index contributed by atoms with van der Waals surface area (Å²) in [5, 5.41) is 9.19. The van der Waals surface area contributed by atoms with Gasteiger partial charge in [-0.05, 0) is 84.0 Å². The Bertz CT molecular complexity index is 1860. The van der Waals surface area contributed by atoms with Gasteiger partial charge in [0.2, 0.25) is 5.79 Å². The summed E-state index contributed by atoms with van der Waals surface area (Å²) in [4.78, 5) is 0. The number of benzene rings is 5. The molecule has 0 radical (unpaired) electrons. The Kier molecular flexibility index (Phi) is 12.2. The molecule has 2 bridgehead atoms. The summed E-state index contributed by atoms with van der Waals surface area (Å²) >= 11 is 0. The van der Waals surface area contributed by atoms with E-state index < -0.39 is 29.7 Å². The van der Waals surface area contributed by atoms with Crippen molar-refractivity contribution in [1.29, 1.82) is 0 Å². The minimum Gasteiger partial charge on any atom is -0.396 e.